The normalized spacial score (nSPS) is 10.1. The Hall–Kier alpha value is -1.07. The summed E-state index contributed by atoms with van der Waals surface area (Å²) in [6.07, 6.45) is 4.81. The summed E-state index contributed by atoms with van der Waals surface area (Å²) in [5.74, 6) is -0.0405. The molecule has 0 amide bonds. The fraction of sp³-hybridized carbons (Fsp3) is 0. The zero-order valence-corrected chi connectivity index (χ0v) is 9.38. The topological polar surface area (TPSA) is 42.9 Å². The zero-order chi connectivity index (χ0) is 9.97. The van der Waals surface area contributed by atoms with Gasteiger partial charge in [0.1, 0.15) is 0 Å². The van der Waals surface area contributed by atoms with Crippen LogP contribution >= 0.6 is 27.5 Å². The molecule has 0 spiro atoms. The predicted molar refractivity (Wildman–Crippen MR) is 57.5 cm³/mol. The lowest BCUT2D eigenvalue weighted by atomic mass is 10.2. The Morgan fingerprint density at radius 1 is 1.43 bits per heavy atom. The number of hydrogen-bond donors (Lipinski definition) is 0. The minimum atomic E-state index is -0.0405. The van der Waals surface area contributed by atoms with Gasteiger partial charge in [0.2, 0.25) is 5.78 Å². The van der Waals surface area contributed by atoms with E-state index in [0.29, 0.717) is 10.4 Å². The van der Waals surface area contributed by atoms with E-state index in [9.17, 15) is 4.79 Å². The van der Waals surface area contributed by atoms with Crippen LogP contribution in [0.15, 0.2) is 35.2 Å². The number of nitrogens with zero attached hydrogens (tertiary/aromatic N) is 2. The molecule has 0 unspecified atom stereocenters. The Morgan fingerprint density at radius 2 is 2.29 bits per heavy atom. The molecule has 0 aliphatic rings. The maximum absolute atomic E-state index is 11.8. The highest BCUT2D eigenvalue weighted by atomic mass is 79.9. The van der Waals surface area contributed by atoms with Gasteiger partial charge in [-0.1, -0.05) is 0 Å². The minimum absolute atomic E-state index is 0.0405. The van der Waals surface area contributed by atoms with Crippen LogP contribution in [0.4, 0.5) is 0 Å². The number of carbonyl (C=O) groups is 1. The molecule has 2 rings (SSSR count). The van der Waals surface area contributed by atoms with Crippen molar-refractivity contribution in [2.24, 2.45) is 0 Å². The first kappa shape index (κ1) is 9.48. The zero-order valence-electron chi connectivity index (χ0n) is 6.98. The number of pyridine rings is 1. The van der Waals surface area contributed by atoms with Crippen molar-refractivity contribution in [1.82, 2.24) is 9.36 Å². The molecule has 3 nitrogen and oxygen atoms in total. The van der Waals surface area contributed by atoms with E-state index in [0.717, 1.165) is 4.47 Å². The van der Waals surface area contributed by atoms with Gasteiger partial charge < -0.3 is 0 Å². The Kier molecular flexibility index (Phi) is 2.69. The van der Waals surface area contributed by atoms with Crippen LogP contribution in [-0.2, 0) is 0 Å². The highest BCUT2D eigenvalue weighted by molar-refractivity contribution is 9.10. The average Bonchev–Trinajstić information content (AvgIpc) is 2.69. The van der Waals surface area contributed by atoms with Crippen LogP contribution in [0.1, 0.15) is 15.2 Å². The van der Waals surface area contributed by atoms with Crippen LogP contribution < -0.4 is 0 Å². The van der Waals surface area contributed by atoms with E-state index in [1.54, 1.807) is 30.7 Å². The number of aromatic nitrogens is 2. The molecule has 14 heavy (non-hydrogen) atoms. The first-order valence-corrected chi connectivity index (χ1v) is 5.40. The van der Waals surface area contributed by atoms with Gasteiger partial charge in [-0.2, -0.15) is 0 Å². The Balaban J connectivity index is 2.37. The smallest absolute Gasteiger partial charge is 0.206 e. The molecule has 2 aromatic rings. The van der Waals surface area contributed by atoms with E-state index in [2.05, 4.69) is 25.3 Å². The van der Waals surface area contributed by atoms with Gasteiger partial charge >= 0.3 is 0 Å². The van der Waals surface area contributed by atoms with Gasteiger partial charge in [0.15, 0.2) is 0 Å². The fourth-order valence-corrected chi connectivity index (χ4v) is 1.93. The van der Waals surface area contributed by atoms with Crippen molar-refractivity contribution < 1.29 is 4.79 Å². The fourth-order valence-electron chi connectivity index (χ4n) is 1.01. The Bertz CT molecular complexity index is 456. The van der Waals surface area contributed by atoms with Gasteiger partial charge in [-0.15, -0.1) is 0 Å². The quantitative estimate of drug-likeness (QED) is 0.787. The maximum Gasteiger partial charge on any atom is 0.206 e. The van der Waals surface area contributed by atoms with Gasteiger partial charge in [-0.05, 0) is 39.6 Å². The van der Waals surface area contributed by atoms with Gasteiger partial charge in [0.05, 0.1) is 4.88 Å². The van der Waals surface area contributed by atoms with E-state index in [1.807, 2.05) is 0 Å². The molecule has 2 aromatic heterocycles. The highest BCUT2D eigenvalue weighted by Crippen LogP contribution is 2.15. The Labute approximate surface area is 93.1 Å². The molecule has 0 atom stereocenters. The summed E-state index contributed by atoms with van der Waals surface area (Å²) in [5.41, 5.74) is 0.573. The molecular weight excluding hydrogens is 264 g/mol. The van der Waals surface area contributed by atoms with Crippen LogP contribution in [0.5, 0.6) is 0 Å². The summed E-state index contributed by atoms with van der Waals surface area (Å²) in [6, 6.07) is 3.45. The Morgan fingerprint density at radius 3 is 2.93 bits per heavy atom. The summed E-state index contributed by atoms with van der Waals surface area (Å²) < 4.78 is 4.68. The SMILES string of the molecule is O=C(c1cncc(Br)c1)c1ccns1. The van der Waals surface area contributed by atoms with Crippen LogP contribution in [0.3, 0.4) is 0 Å². The van der Waals surface area contributed by atoms with Gasteiger partial charge in [-0.25, -0.2) is 4.37 Å². The number of rotatable bonds is 2. The minimum Gasteiger partial charge on any atom is -0.288 e. The molecular formula is C9H5BrN2OS. The molecule has 0 saturated carbocycles. The van der Waals surface area contributed by atoms with Crippen LogP contribution in [-0.4, -0.2) is 15.1 Å². The second-order valence-electron chi connectivity index (χ2n) is 2.60. The van der Waals surface area contributed by atoms with Crippen molar-refractivity contribution in [1.29, 1.82) is 0 Å². The highest BCUT2D eigenvalue weighted by Gasteiger charge is 2.10. The summed E-state index contributed by atoms with van der Waals surface area (Å²) in [5, 5.41) is 0. The first-order valence-electron chi connectivity index (χ1n) is 3.83. The molecule has 0 radical (unpaired) electrons. The van der Waals surface area contributed by atoms with E-state index in [-0.39, 0.29) is 5.78 Å². The molecule has 0 saturated heterocycles. The molecule has 0 aliphatic carbocycles. The summed E-state index contributed by atoms with van der Waals surface area (Å²) in [4.78, 5) is 16.3. The van der Waals surface area contributed by atoms with E-state index < -0.39 is 0 Å². The molecule has 2 heterocycles. The molecule has 5 heteroatoms. The molecule has 0 bridgehead atoms. The van der Waals surface area contributed by atoms with Crippen molar-refractivity contribution in [3.63, 3.8) is 0 Å². The van der Waals surface area contributed by atoms with Crippen LogP contribution in [0.25, 0.3) is 0 Å². The van der Waals surface area contributed by atoms with Crippen LogP contribution in [0.2, 0.25) is 0 Å². The number of hydrogen-bond acceptors (Lipinski definition) is 4. The average molecular weight is 269 g/mol. The van der Waals surface area contributed by atoms with Gasteiger partial charge in [0, 0.05) is 28.6 Å². The summed E-state index contributed by atoms with van der Waals surface area (Å²) >= 11 is 4.46. The van der Waals surface area contributed by atoms with Crippen molar-refractivity contribution in [3.05, 3.63) is 45.6 Å². The van der Waals surface area contributed by atoms with E-state index in [1.165, 1.54) is 11.5 Å². The van der Waals surface area contributed by atoms with Crippen molar-refractivity contribution in [2.75, 3.05) is 0 Å². The standard InChI is InChI=1S/C9H5BrN2OS/c10-7-3-6(4-11-5-7)9(13)8-1-2-12-14-8/h1-5H. The summed E-state index contributed by atoms with van der Waals surface area (Å²) in [7, 11) is 0. The lowest BCUT2D eigenvalue weighted by Gasteiger charge is -1.96. The lowest BCUT2D eigenvalue weighted by molar-refractivity contribution is 0.104. The van der Waals surface area contributed by atoms with Crippen molar-refractivity contribution in [3.8, 4) is 0 Å². The van der Waals surface area contributed by atoms with Gasteiger partial charge in [-0.3, -0.25) is 9.78 Å². The number of halogens is 1. The second kappa shape index (κ2) is 3.98. The van der Waals surface area contributed by atoms with E-state index >= 15 is 0 Å². The van der Waals surface area contributed by atoms with Crippen molar-refractivity contribution in [2.45, 2.75) is 0 Å². The largest absolute Gasteiger partial charge is 0.288 e. The van der Waals surface area contributed by atoms with Crippen LogP contribution in [0, 0.1) is 0 Å². The summed E-state index contributed by atoms with van der Waals surface area (Å²) in [6.45, 7) is 0. The molecule has 70 valence electrons. The molecule has 0 aromatic carbocycles. The molecule has 0 N–H and O–H groups in total. The predicted octanol–water partition coefficient (Wildman–Crippen LogP) is 2.53. The molecule has 0 aliphatic heterocycles. The van der Waals surface area contributed by atoms with Gasteiger partial charge in [0.25, 0.3) is 0 Å². The maximum atomic E-state index is 11.8. The third-order valence-corrected chi connectivity index (χ3v) is 2.81. The second-order valence-corrected chi connectivity index (χ2v) is 4.35. The van der Waals surface area contributed by atoms with E-state index in [4.69, 9.17) is 0 Å². The molecule has 0 fully saturated rings. The third-order valence-electron chi connectivity index (χ3n) is 1.63. The number of carbonyl (C=O) groups excluding carboxylic acids is 1. The third kappa shape index (κ3) is 1.88. The monoisotopic (exact) mass is 268 g/mol. The van der Waals surface area contributed by atoms with Crippen molar-refractivity contribution >= 4 is 33.2 Å². The first-order chi connectivity index (χ1) is 6.77. The lowest BCUT2D eigenvalue weighted by Crippen LogP contribution is -1.98. The number of ketones is 1.